The van der Waals surface area contributed by atoms with E-state index in [2.05, 4.69) is 4.98 Å². The average molecular weight is 245 g/mol. The Kier molecular flexibility index (Phi) is 3.58. The lowest BCUT2D eigenvalue weighted by Gasteiger charge is -2.40. The van der Waals surface area contributed by atoms with Crippen LogP contribution in [0.15, 0.2) is 48.7 Å². The minimum Gasteiger partial charge on any atom is -0.256 e. The molecule has 1 aromatic heterocycles. The molecule has 19 heavy (non-hydrogen) atoms. The molecule has 0 aliphatic heterocycles. The zero-order valence-corrected chi connectivity index (χ0v) is 11.7. The highest BCUT2D eigenvalue weighted by molar-refractivity contribution is 6.40. The molecular weight excluding hydrogens is 228 g/mol. The van der Waals surface area contributed by atoms with Crippen LogP contribution in [0.4, 0.5) is 0 Å². The van der Waals surface area contributed by atoms with E-state index in [9.17, 15) is 0 Å². The lowest BCUT2D eigenvalue weighted by molar-refractivity contribution is 0.358. The first kappa shape index (κ1) is 13.9. The van der Waals surface area contributed by atoms with Crippen molar-refractivity contribution in [2.75, 3.05) is 0 Å². The maximum Gasteiger partial charge on any atom is 0.0702 e. The molecule has 0 saturated carbocycles. The zero-order chi connectivity index (χ0) is 14.1. The smallest absolute Gasteiger partial charge is 0.0702 e. The van der Waals surface area contributed by atoms with Crippen LogP contribution in [-0.4, -0.2) is 20.7 Å². The molecule has 0 fully saturated rings. The van der Waals surface area contributed by atoms with Crippen molar-refractivity contribution in [2.24, 2.45) is 5.41 Å². The number of aromatic nitrogens is 1. The molecule has 3 heteroatoms. The molecule has 0 saturated heterocycles. The predicted octanol–water partition coefficient (Wildman–Crippen LogP) is 3.28. The number of pyridine rings is 1. The molecule has 0 amide bonds. The highest BCUT2D eigenvalue weighted by Gasteiger charge is 2.33. The lowest BCUT2D eigenvalue weighted by atomic mass is 9.41. The molecule has 0 bridgehead atoms. The third-order valence-corrected chi connectivity index (χ3v) is 3.55. The molecule has 0 spiro atoms. The van der Waals surface area contributed by atoms with Gasteiger partial charge < -0.3 is 0 Å². The largest absolute Gasteiger partial charge is 0.256 e. The van der Waals surface area contributed by atoms with Crippen LogP contribution in [0.25, 0.3) is 11.3 Å². The quantitative estimate of drug-likeness (QED) is 0.739. The first-order chi connectivity index (χ1) is 8.82. The minimum absolute atomic E-state index is 0.233. The van der Waals surface area contributed by atoms with Gasteiger partial charge in [0.2, 0.25) is 0 Å². The summed E-state index contributed by atoms with van der Waals surface area (Å²) >= 11 is 0. The van der Waals surface area contributed by atoms with Crippen molar-refractivity contribution in [2.45, 2.75) is 26.0 Å². The summed E-state index contributed by atoms with van der Waals surface area (Å²) in [6.07, 6.45) is 1.77. The minimum atomic E-state index is -0.894. The first-order valence-electron chi connectivity index (χ1n) is 6.42. The van der Waals surface area contributed by atoms with Gasteiger partial charge >= 0.3 is 0 Å². The second-order valence-corrected chi connectivity index (χ2v) is 5.92. The Morgan fingerprint density at radius 3 is 2.00 bits per heavy atom. The van der Waals surface area contributed by atoms with E-state index in [1.807, 2.05) is 63.2 Å². The normalized spacial score (nSPS) is 12.4. The molecule has 2 rings (SSSR count). The Labute approximate surface area is 118 Å². The Bertz CT molecular complexity index is 539. The van der Waals surface area contributed by atoms with E-state index in [0.717, 1.165) is 16.8 Å². The summed E-state index contributed by atoms with van der Waals surface area (Å²) in [5, 5.41) is -0.894. The van der Waals surface area contributed by atoms with Gasteiger partial charge in [0.1, 0.15) is 0 Å². The fraction of sp³-hybridized carbons (Fsp3) is 0.312. The third kappa shape index (κ3) is 2.75. The summed E-state index contributed by atoms with van der Waals surface area (Å²) in [4.78, 5) is 4.47. The second kappa shape index (κ2) is 4.88. The van der Waals surface area contributed by atoms with E-state index < -0.39 is 5.21 Å². The molecule has 1 heterocycles. The maximum atomic E-state index is 6.24. The Balaban J connectivity index is 2.35. The van der Waals surface area contributed by atoms with Gasteiger partial charge in [-0.15, -0.1) is 0 Å². The first-order valence-corrected chi connectivity index (χ1v) is 6.42. The predicted molar refractivity (Wildman–Crippen MR) is 82.3 cm³/mol. The molecular formula is C16H17B2N. The van der Waals surface area contributed by atoms with E-state index in [1.165, 1.54) is 0 Å². The van der Waals surface area contributed by atoms with Gasteiger partial charge in [-0.05, 0) is 17.0 Å². The topological polar surface area (TPSA) is 12.9 Å². The molecule has 0 unspecified atom stereocenters. The van der Waals surface area contributed by atoms with Crippen LogP contribution in [0, 0.1) is 5.41 Å². The zero-order valence-electron chi connectivity index (χ0n) is 11.7. The van der Waals surface area contributed by atoms with Crippen LogP contribution in [0.5, 0.6) is 0 Å². The Morgan fingerprint density at radius 1 is 0.895 bits per heavy atom. The van der Waals surface area contributed by atoms with E-state index in [1.54, 1.807) is 6.20 Å². The van der Waals surface area contributed by atoms with Gasteiger partial charge in [0, 0.05) is 11.8 Å². The molecule has 2 aromatic rings. The van der Waals surface area contributed by atoms with Crippen molar-refractivity contribution in [1.29, 1.82) is 0 Å². The van der Waals surface area contributed by atoms with Crippen molar-refractivity contribution < 1.29 is 0 Å². The summed E-state index contributed by atoms with van der Waals surface area (Å²) in [7, 11) is 12.5. The highest BCUT2D eigenvalue weighted by atomic mass is 14.7. The van der Waals surface area contributed by atoms with Crippen molar-refractivity contribution in [3.63, 3.8) is 0 Å². The van der Waals surface area contributed by atoms with Crippen LogP contribution in [0.2, 0.25) is 0 Å². The molecule has 1 aromatic carbocycles. The average Bonchev–Trinajstić information content (AvgIpc) is 2.39. The number of rotatable bonds is 2. The van der Waals surface area contributed by atoms with Gasteiger partial charge in [-0.2, -0.15) is 0 Å². The fourth-order valence-corrected chi connectivity index (χ4v) is 1.85. The number of nitrogens with zero attached hydrogens (tertiary/aromatic N) is 1. The van der Waals surface area contributed by atoms with Crippen LogP contribution in [0.3, 0.4) is 0 Å². The highest BCUT2D eigenvalue weighted by Crippen LogP contribution is 2.36. The van der Waals surface area contributed by atoms with Crippen molar-refractivity contribution in [1.82, 2.24) is 4.98 Å². The van der Waals surface area contributed by atoms with Gasteiger partial charge in [0.15, 0.2) is 0 Å². The SMILES string of the molecule is [B]C([B])(c1ccc(-c2ccccc2)nc1)C(C)(C)C. The maximum absolute atomic E-state index is 6.24. The van der Waals surface area contributed by atoms with Crippen molar-refractivity contribution in [3.8, 4) is 11.3 Å². The van der Waals surface area contributed by atoms with Crippen LogP contribution >= 0.6 is 0 Å². The van der Waals surface area contributed by atoms with Gasteiger partial charge in [0.25, 0.3) is 0 Å². The van der Waals surface area contributed by atoms with Crippen LogP contribution in [-0.2, 0) is 5.21 Å². The summed E-state index contributed by atoms with van der Waals surface area (Å²) in [5.74, 6) is 0. The van der Waals surface area contributed by atoms with Crippen molar-refractivity contribution in [3.05, 3.63) is 54.2 Å². The summed E-state index contributed by atoms with van der Waals surface area (Å²) in [5.41, 5.74) is 2.63. The van der Waals surface area contributed by atoms with Gasteiger partial charge in [-0.1, -0.05) is 62.4 Å². The standard InChI is InChI=1S/C16H17B2N/c1-15(2,3)16(17,18)13-9-10-14(19-11-13)12-7-5-4-6-8-12/h4-11H,1-3H3. The van der Waals surface area contributed by atoms with E-state index >= 15 is 0 Å². The van der Waals surface area contributed by atoms with Crippen molar-refractivity contribution >= 4 is 15.7 Å². The van der Waals surface area contributed by atoms with Crippen LogP contribution < -0.4 is 0 Å². The van der Waals surface area contributed by atoms with Crippen LogP contribution in [0.1, 0.15) is 26.3 Å². The molecule has 92 valence electrons. The van der Waals surface area contributed by atoms with Gasteiger partial charge in [-0.25, -0.2) is 0 Å². The van der Waals surface area contributed by atoms with Gasteiger partial charge in [0.05, 0.1) is 21.4 Å². The lowest BCUT2D eigenvalue weighted by Crippen LogP contribution is -2.41. The molecule has 0 N–H and O–H groups in total. The Hall–Kier alpha value is -1.50. The second-order valence-electron chi connectivity index (χ2n) is 5.92. The van der Waals surface area contributed by atoms with E-state index in [0.29, 0.717) is 0 Å². The fourth-order valence-electron chi connectivity index (χ4n) is 1.85. The summed E-state index contributed by atoms with van der Waals surface area (Å²) < 4.78 is 0. The third-order valence-electron chi connectivity index (χ3n) is 3.55. The number of hydrogen-bond donors (Lipinski definition) is 0. The molecule has 0 atom stereocenters. The molecule has 1 nitrogen and oxygen atoms in total. The van der Waals surface area contributed by atoms with E-state index in [-0.39, 0.29) is 5.41 Å². The summed E-state index contributed by atoms with van der Waals surface area (Å²) in [6.45, 7) is 6.08. The summed E-state index contributed by atoms with van der Waals surface area (Å²) in [6, 6.07) is 14.0. The van der Waals surface area contributed by atoms with Gasteiger partial charge in [-0.3, -0.25) is 4.98 Å². The molecule has 0 aliphatic rings. The number of hydrogen-bond acceptors (Lipinski definition) is 1. The molecule has 4 radical (unpaired) electrons. The monoisotopic (exact) mass is 245 g/mol. The number of benzene rings is 1. The Morgan fingerprint density at radius 2 is 1.53 bits per heavy atom. The molecule has 0 aliphatic carbocycles. The van der Waals surface area contributed by atoms with E-state index in [4.69, 9.17) is 15.7 Å².